The van der Waals surface area contributed by atoms with Gasteiger partial charge in [-0.1, -0.05) is 13.8 Å². The molecule has 0 saturated heterocycles. The van der Waals surface area contributed by atoms with Crippen LogP contribution in [-0.4, -0.2) is 0 Å². The third-order valence-electron chi connectivity index (χ3n) is 1.12. The van der Waals surface area contributed by atoms with Gasteiger partial charge >= 0.3 is 0 Å². The van der Waals surface area contributed by atoms with E-state index in [1.165, 1.54) is 11.1 Å². The van der Waals surface area contributed by atoms with Crippen LogP contribution >= 0.6 is 37.2 Å². The number of benzene rings is 1. The number of aryl methyl sites for hydroxylation is 2. The Bertz CT molecular complexity index is 151. The van der Waals surface area contributed by atoms with E-state index in [4.69, 9.17) is 0 Å². The normalized spacial score (nSPS) is 6.67. The molecule has 0 amide bonds. The molecule has 0 unspecified atom stereocenters. The summed E-state index contributed by atoms with van der Waals surface area (Å²) < 4.78 is 0. The molecule has 0 fully saturated rings. The summed E-state index contributed by atoms with van der Waals surface area (Å²) in [5.74, 6) is 0. The van der Waals surface area contributed by atoms with Crippen molar-refractivity contribution < 1.29 is 32.7 Å². The molecule has 0 spiro atoms. The van der Waals surface area contributed by atoms with E-state index < -0.39 is 0 Å². The van der Waals surface area contributed by atoms with Gasteiger partial charge in [0, 0.05) is 69.9 Å². The van der Waals surface area contributed by atoms with E-state index >= 15 is 0 Å². The molecule has 67 valence electrons. The summed E-state index contributed by atoms with van der Waals surface area (Å²) in [5, 5.41) is 0. The van der Waals surface area contributed by atoms with E-state index in [0.717, 1.165) is 0 Å². The summed E-state index contributed by atoms with van der Waals surface area (Å²) in [4.78, 5) is 0. The predicted molar refractivity (Wildman–Crippen MR) is 69.2 cm³/mol. The van der Waals surface area contributed by atoms with Crippen molar-refractivity contribution in [2.75, 3.05) is 0 Å². The van der Waals surface area contributed by atoms with Crippen molar-refractivity contribution in [1.82, 2.24) is 0 Å². The molecule has 3 heteroatoms. The van der Waals surface area contributed by atoms with Gasteiger partial charge in [0.1, 0.15) is 0 Å². The molecule has 0 saturated carbocycles. The van der Waals surface area contributed by atoms with Gasteiger partial charge in [-0.15, -0.1) is 0 Å². The zero-order chi connectivity index (χ0) is 7.98. The fourth-order valence-electron chi connectivity index (χ4n) is 0.580. The Balaban J connectivity index is -0.000000189. The van der Waals surface area contributed by atoms with E-state index in [1.807, 2.05) is 13.0 Å². The van der Waals surface area contributed by atoms with Crippen molar-refractivity contribution in [2.45, 2.75) is 13.8 Å². The van der Waals surface area contributed by atoms with Crippen LogP contribution in [-0.2, 0) is 32.7 Å². The third kappa shape index (κ3) is 9.87. The standard InChI is InChI=1S/C8H9.CH3.I2.Y/c1-7-3-5-8(2)6-4-7;;1-2;/h3-5H,1-2H3;1H3;;/q2*-1;;. The van der Waals surface area contributed by atoms with Crippen molar-refractivity contribution in [3.05, 3.63) is 42.8 Å². The number of rotatable bonds is 0. The maximum Gasteiger partial charge on any atom is 0 e. The molecule has 12 heavy (non-hydrogen) atoms. The first-order valence-corrected chi connectivity index (χ1v) is 9.17. The molecule has 0 aliphatic rings. The number of hydrogen-bond acceptors (Lipinski definition) is 0. The SMILES string of the molecule is Cc1[c-]cc(C)cc1.II.[CH3-].[Y]. The fraction of sp³-hybridized carbons (Fsp3) is 0.222. The number of hydrogen-bond donors (Lipinski definition) is 0. The molecule has 0 aliphatic carbocycles. The van der Waals surface area contributed by atoms with E-state index in [-0.39, 0.29) is 40.1 Å². The Kier molecular flexibility index (Phi) is 20.6. The second-order valence-corrected chi connectivity index (χ2v) is 2.05. The maximum absolute atomic E-state index is 3.10. The second-order valence-electron chi connectivity index (χ2n) is 2.05. The second kappa shape index (κ2) is 12.8. The predicted octanol–water partition coefficient (Wildman–Crippen LogP) is 4.32. The van der Waals surface area contributed by atoms with Crippen molar-refractivity contribution in [3.63, 3.8) is 0 Å². The van der Waals surface area contributed by atoms with Crippen LogP contribution in [0.3, 0.4) is 0 Å². The van der Waals surface area contributed by atoms with E-state index in [0.29, 0.717) is 0 Å². The molecule has 1 aromatic carbocycles. The molecule has 1 rings (SSSR count). The zero-order valence-electron chi connectivity index (χ0n) is 7.57. The van der Waals surface area contributed by atoms with Crippen LogP contribution in [0.4, 0.5) is 0 Å². The van der Waals surface area contributed by atoms with Gasteiger partial charge in [0.15, 0.2) is 0 Å². The van der Waals surface area contributed by atoms with E-state index in [9.17, 15) is 0 Å². The molecule has 1 radical (unpaired) electrons. The van der Waals surface area contributed by atoms with Gasteiger partial charge in [-0.3, -0.25) is 0 Å². The minimum Gasteiger partial charge on any atom is -0.358 e. The molecule has 0 aromatic heterocycles. The topological polar surface area (TPSA) is 0 Å². The van der Waals surface area contributed by atoms with Gasteiger partial charge < -0.3 is 7.43 Å². The molecular weight excluding hydrogens is 451 g/mol. The minimum absolute atomic E-state index is 0. The first kappa shape index (κ1) is 19.4. The molecule has 0 heterocycles. The van der Waals surface area contributed by atoms with Crippen LogP contribution in [0, 0.1) is 27.3 Å². The number of halogens is 2. The maximum atomic E-state index is 3.10. The summed E-state index contributed by atoms with van der Waals surface area (Å²) in [6.07, 6.45) is 0. The molecule has 0 atom stereocenters. The average Bonchev–Trinajstić information content (AvgIpc) is 2.00. The molecule has 0 N–H and O–H groups in total. The Hall–Kier alpha value is 1.78. The summed E-state index contributed by atoms with van der Waals surface area (Å²) in [6.45, 7) is 4.11. The molecule has 1 aromatic rings. The Labute approximate surface area is 124 Å². The first-order chi connectivity index (χ1) is 4.79. The van der Waals surface area contributed by atoms with Gasteiger partial charge in [0.2, 0.25) is 0 Å². The van der Waals surface area contributed by atoms with Crippen LogP contribution in [0.2, 0.25) is 0 Å². The monoisotopic (exact) mass is 463 g/mol. The van der Waals surface area contributed by atoms with Crippen LogP contribution in [0.15, 0.2) is 18.2 Å². The summed E-state index contributed by atoms with van der Waals surface area (Å²) >= 11 is 4.24. The van der Waals surface area contributed by atoms with Gasteiger partial charge in [-0.2, -0.15) is 35.4 Å². The van der Waals surface area contributed by atoms with E-state index in [1.54, 1.807) is 0 Å². The quantitative estimate of drug-likeness (QED) is 0.398. The molecular formula is C9H12I2Y-2. The molecule has 0 aliphatic heterocycles. The van der Waals surface area contributed by atoms with E-state index in [2.05, 4.69) is 62.4 Å². The molecule has 0 nitrogen and oxygen atoms in total. The summed E-state index contributed by atoms with van der Waals surface area (Å²) in [6, 6.07) is 9.25. The summed E-state index contributed by atoms with van der Waals surface area (Å²) in [5.41, 5.74) is 2.48. The van der Waals surface area contributed by atoms with Crippen molar-refractivity contribution >= 4 is 37.2 Å². The van der Waals surface area contributed by atoms with Crippen molar-refractivity contribution in [1.29, 1.82) is 0 Å². The van der Waals surface area contributed by atoms with Crippen molar-refractivity contribution in [3.8, 4) is 0 Å². The minimum atomic E-state index is 0. The Morgan fingerprint density at radius 2 is 1.67 bits per heavy atom. The average molecular weight is 463 g/mol. The van der Waals surface area contributed by atoms with Crippen LogP contribution in [0.25, 0.3) is 0 Å². The largest absolute Gasteiger partial charge is 0.358 e. The van der Waals surface area contributed by atoms with Gasteiger partial charge in [-0.05, 0) is 0 Å². The first-order valence-electron chi connectivity index (χ1n) is 2.88. The van der Waals surface area contributed by atoms with Gasteiger partial charge in [-0.25, -0.2) is 0 Å². The van der Waals surface area contributed by atoms with Gasteiger partial charge in [0.05, 0.1) is 0 Å². The van der Waals surface area contributed by atoms with Crippen LogP contribution in [0.1, 0.15) is 11.1 Å². The zero-order valence-corrected chi connectivity index (χ0v) is 14.7. The Morgan fingerprint density at radius 1 is 1.17 bits per heavy atom. The van der Waals surface area contributed by atoms with Crippen LogP contribution < -0.4 is 0 Å². The smallest absolute Gasteiger partial charge is 0 e. The summed E-state index contributed by atoms with van der Waals surface area (Å²) in [7, 11) is 0. The van der Waals surface area contributed by atoms with Crippen LogP contribution in [0.5, 0.6) is 0 Å². The molecule has 0 bridgehead atoms. The Morgan fingerprint density at radius 3 is 1.92 bits per heavy atom. The van der Waals surface area contributed by atoms with Gasteiger partial charge in [0.25, 0.3) is 0 Å². The fourth-order valence-corrected chi connectivity index (χ4v) is 0.580. The van der Waals surface area contributed by atoms with Crippen molar-refractivity contribution in [2.24, 2.45) is 0 Å². The third-order valence-corrected chi connectivity index (χ3v) is 1.12.